The highest BCUT2D eigenvalue weighted by atomic mass is 32.1. The number of thiazole rings is 1. The van der Waals surface area contributed by atoms with Crippen molar-refractivity contribution in [2.75, 3.05) is 11.6 Å². The Morgan fingerprint density at radius 2 is 2.07 bits per heavy atom. The molecule has 1 aliphatic heterocycles. The van der Waals surface area contributed by atoms with Gasteiger partial charge >= 0.3 is 0 Å². The molecule has 0 N–H and O–H groups in total. The lowest BCUT2D eigenvalue weighted by molar-refractivity contribution is -0.127. The van der Waals surface area contributed by atoms with Gasteiger partial charge in [-0.25, -0.2) is 4.98 Å². The summed E-state index contributed by atoms with van der Waals surface area (Å²) >= 11 is 2.97. The van der Waals surface area contributed by atoms with E-state index >= 15 is 0 Å². The summed E-state index contributed by atoms with van der Waals surface area (Å²) in [5.74, 6) is 0.850. The first-order valence-electron chi connectivity index (χ1n) is 9.34. The molecule has 8 heteroatoms. The predicted octanol–water partition coefficient (Wildman–Crippen LogP) is 4.87. The third kappa shape index (κ3) is 3.67. The number of aromatic nitrogens is 1. The van der Waals surface area contributed by atoms with E-state index in [2.05, 4.69) is 16.2 Å². The summed E-state index contributed by atoms with van der Waals surface area (Å²) in [5, 5.41) is 8.25. The van der Waals surface area contributed by atoms with Crippen LogP contribution in [0.1, 0.15) is 10.4 Å². The molecule has 1 amide bonds. The second-order valence-electron chi connectivity index (χ2n) is 6.74. The summed E-state index contributed by atoms with van der Waals surface area (Å²) in [6.07, 6.45) is 0.853. The number of fused-ring (bicyclic) bond motifs is 2. The Hall–Kier alpha value is -3.23. The minimum atomic E-state index is -0.811. The van der Waals surface area contributed by atoms with Crippen LogP contribution in [0.2, 0.25) is 0 Å². The zero-order valence-electron chi connectivity index (χ0n) is 16.0. The third-order valence-corrected chi connectivity index (χ3v) is 6.35. The lowest BCUT2D eigenvalue weighted by atomic mass is 10.2. The number of ether oxygens (including phenoxy) is 2. The number of carbonyl (C=O) groups excluding carboxylic acids is 1. The lowest BCUT2D eigenvalue weighted by Gasteiger charge is -2.27. The molecule has 2 aromatic heterocycles. The van der Waals surface area contributed by atoms with Crippen molar-refractivity contribution in [1.82, 2.24) is 4.98 Å². The van der Waals surface area contributed by atoms with Crippen molar-refractivity contribution < 1.29 is 14.3 Å². The van der Waals surface area contributed by atoms with Crippen molar-refractivity contribution >= 4 is 50.1 Å². The van der Waals surface area contributed by atoms with Gasteiger partial charge in [0.25, 0.3) is 5.91 Å². The van der Waals surface area contributed by atoms with Crippen molar-refractivity contribution in [1.29, 1.82) is 0 Å². The molecule has 0 spiro atoms. The number of para-hydroxylation sites is 2. The van der Waals surface area contributed by atoms with Crippen LogP contribution in [0.3, 0.4) is 0 Å². The van der Waals surface area contributed by atoms with Gasteiger partial charge in [-0.05, 0) is 48.2 Å². The minimum Gasteiger partial charge on any atom is -0.485 e. The van der Waals surface area contributed by atoms with Gasteiger partial charge in [-0.1, -0.05) is 35.6 Å². The van der Waals surface area contributed by atoms with Crippen LogP contribution in [0.4, 0.5) is 5.13 Å². The van der Waals surface area contributed by atoms with Crippen LogP contribution in [0, 0.1) is 6.92 Å². The average Bonchev–Trinajstić information content (AvgIpc) is 3.43. The Bertz CT molecular complexity index is 1230. The first-order valence-corrected chi connectivity index (χ1v) is 11.0. The molecule has 3 heterocycles. The fraction of sp³-hybridized carbons (Fsp3) is 0.136. The van der Waals surface area contributed by atoms with Crippen molar-refractivity contribution in [3.63, 3.8) is 0 Å². The Balaban J connectivity index is 1.49. The fourth-order valence-electron chi connectivity index (χ4n) is 3.07. The number of benzene rings is 2. The van der Waals surface area contributed by atoms with Crippen LogP contribution in [0.25, 0.3) is 10.2 Å². The van der Waals surface area contributed by atoms with E-state index in [1.807, 2.05) is 54.8 Å². The van der Waals surface area contributed by atoms with E-state index in [1.165, 1.54) is 16.3 Å². The van der Waals surface area contributed by atoms with Crippen LogP contribution >= 0.6 is 22.7 Å². The molecular weight excluding hydrogens is 418 g/mol. The van der Waals surface area contributed by atoms with Gasteiger partial charge in [-0.15, -0.1) is 11.3 Å². The molecular formula is C22H17N3O3S2. The highest BCUT2D eigenvalue weighted by molar-refractivity contribution is 7.22. The maximum atomic E-state index is 13.4. The number of anilines is 1. The normalized spacial score (nSPS) is 15.6. The topological polar surface area (TPSA) is 64.0 Å². The summed E-state index contributed by atoms with van der Waals surface area (Å²) in [5.41, 5.74) is 1.97. The van der Waals surface area contributed by atoms with Crippen LogP contribution < -0.4 is 14.5 Å². The predicted molar refractivity (Wildman–Crippen MR) is 120 cm³/mol. The number of amides is 1. The fourth-order valence-corrected chi connectivity index (χ4v) is 4.67. The first-order chi connectivity index (χ1) is 14.7. The van der Waals surface area contributed by atoms with Crippen molar-refractivity contribution in [3.05, 3.63) is 70.4 Å². The monoisotopic (exact) mass is 435 g/mol. The van der Waals surface area contributed by atoms with Gasteiger partial charge in [0.1, 0.15) is 6.61 Å². The zero-order chi connectivity index (χ0) is 20.5. The molecule has 2 aromatic carbocycles. The number of thiophene rings is 1. The van der Waals surface area contributed by atoms with Gasteiger partial charge in [-0.3, -0.25) is 4.79 Å². The molecule has 0 saturated heterocycles. The molecule has 0 aliphatic carbocycles. The summed E-state index contributed by atoms with van der Waals surface area (Å²) in [7, 11) is 0. The number of hydrogen-bond acceptors (Lipinski definition) is 7. The highest BCUT2D eigenvalue weighted by Gasteiger charge is 2.33. The molecule has 0 radical (unpaired) electrons. The van der Waals surface area contributed by atoms with E-state index in [0.717, 1.165) is 20.7 Å². The van der Waals surface area contributed by atoms with Crippen LogP contribution in [-0.4, -0.2) is 29.8 Å². The molecule has 1 atom stereocenters. The largest absolute Gasteiger partial charge is 0.485 e. The van der Waals surface area contributed by atoms with Gasteiger partial charge in [0.15, 0.2) is 11.5 Å². The molecule has 4 aromatic rings. The lowest BCUT2D eigenvalue weighted by Crippen LogP contribution is -2.44. The van der Waals surface area contributed by atoms with E-state index in [-0.39, 0.29) is 12.5 Å². The van der Waals surface area contributed by atoms with E-state index in [0.29, 0.717) is 16.6 Å². The summed E-state index contributed by atoms with van der Waals surface area (Å²) < 4.78 is 12.6. The van der Waals surface area contributed by atoms with Gasteiger partial charge in [-0.2, -0.15) is 10.1 Å². The molecule has 150 valence electrons. The second kappa shape index (κ2) is 7.89. The van der Waals surface area contributed by atoms with E-state index < -0.39 is 6.10 Å². The zero-order valence-corrected chi connectivity index (χ0v) is 17.7. The summed E-state index contributed by atoms with van der Waals surface area (Å²) in [6, 6.07) is 17.2. The Morgan fingerprint density at radius 1 is 1.20 bits per heavy atom. The number of aryl methyl sites for hydroxylation is 1. The first kappa shape index (κ1) is 18.8. The van der Waals surface area contributed by atoms with E-state index in [1.54, 1.807) is 23.6 Å². The second-order valence-corrected chi connectivity index (χ2v) is 8.73. The van der Waals surface area contributed by atoms with Crippen LogP contribution in [0.15, 0.2) is 65.1 Å². The van der Waals surface area contributed by atoms with Gasteiger partial charge in [0, 0.05) is 4.88 Å². The van der Waals surface area contributed by atoms with Crippen molar-refractivity contribution in [2.24, 2.45) is 5.10 Å². The van der Waals surface area contributed by atoms with Gasteiger partial charge in [0.05, 0.1) is 16.4 Å². The molecule has 1 aliphatic rings. The molecule has 0 fully saturated rings. The van der Waals surface area contributed by atoms with Crippen molar-refractivity contribution in [3.8, 4) is 11.5 Å². The van der Waals surface area contributed by atoms with Gasteiger partial charge in [0.2, 0.25) is 11.2 Å². The van der Waals surface area contributed by atoms with Crippen LogP contribution in [0.5, 0.6) is 11.5 Å². The minimum absolute atomic E-state index is 0.116. The van der Waals surface area contributed by atoms with Crippen molar-refractivity contribution in [2.45, 2.75) is 13.0 Å². The van der Waals surface area contributed by atoms with Gasteiger partial charge < -0.3 is 9.47 Å². The molecule has 1 unspecified atom stereocenters. The highest BCUT2D eigenvalue weighted by Crippen LogP contribution is 2.34. The smallest absolute Gasteiger partial charge is 0.294 e. The number of hydrazone groups is 1. The number of nitrogens with zero attached hydrogens (tertiary/aromatic N) is 3. The molecule has 5 rings (SSSR count). The number of carbonyl (C=O) groups is 1. The molecule has 30 heavy (non-hydrogen) atoms. The van der Waals surface area contributed by atoms with E-state index in [9.17, 15) is 4.79 Å². The maximum absolute atomic E-state index is 13.4. The summed E-state index contributed by atoms with van der Waals surface area (Å²) in [6.45, 7) is 2.15. The Labute approximate surface area is 181 Å². The number of rotatable bonds is 4. The van der Waals surface area contributed by atoms with Crippen LogP contribution in [-0.2, 0) is 4.79 Å². The quantitative estimate of drug-likeness (QED) is 0.339. The SMILES string of the molecule is Cc1ccc2nc(N(/N=C/c3cccs3)C(=O)C3COc4ccccc4O3)sc2c1. The standard InChI is InChI=1S/C22H17N3O3S2/c1-14-8-9-16-20(11-14)30-22(24-16)25(23-12-15-5-4-10-29-15)21(26)19-13-27-17-6-2-3-7-18(17)28-19/h2-12,19H,13H2,1H3/b23-12+. The molecule has 0 bridgehead atoms. The summed E-state index contributed by atoms with van der Waals surface area (Å²) in [4.78, 5) is 19.0. The number of hydrogen-bond donors (Lipinski definition) is 0. The Kier molecular flexibility index (Phi) is 4.94. The molecule has 6 nitrogen and oxygen atoms in total. The molecule has 0 saturated carbocycles. The van der Waals surface area contributed by atoms with E-state index in [4.69, 9.17) is 9.47 Å². The average molecular weight is 436 g/mol. The Morgan fingerprint density at radius 3 is 2.90 bits per heavy atom. The third-order valence-electron chi connectivity index (χ3n) is 4.55. The maximum Gasteiger partial charge on any atom is 0.294 e.